The van der Waals surface area contributed by atoms with Gasteiger partial charge in [0.2, 0.25) is 5.91 Å². The van der Waals surface area contributed by atoms with Crippen molar-refractivity contribution in [3.05, 3.63) is 86.6 Å². The fraction of sp³-hybridized carbons (Fsp3) is 0.292. The minimum atomic E-state index is -4.53. The highest BCUT2D eigenvalue weighted by molar-refractivity contribution is 5.98. The van der Waals surface area contributed by atoms with Crippen LogP contribution in [0.4, 0.5) is 30.4 Å². The van der Waals surface area contributed by atoms with Crippen LogP contribution in [0.5, 0.6) is 0 Å². The number of aromatic nitrogens is 2. The number of H-pyrrole nitrogens is 1. The zero-order valence-corrected chi connectivity index (χ0v) is 19.2. The third kappa shape index (κ3) is 6.31. The van der Waals surface area contributed by atoms with Crippen LogP contribution in [0.2, 0.25) is 0 Å². The number of alkyl halides is 3. The molecule has 0 fully saturated rings. The molecule has 11 heteroatoms. The zero-order valence-electron chi connectivity index (χ0n) is 19.2. The Morgan fingerprint density at radius 2 is 1.80 bits per heavy atom. The maximum atomic E-state index is 13.1. The Morgan fingerprint density at radius 1 is 1.11 bits per heavy atom. The normalized spacial score (nSPS) is 11.5. The third-order valence-electron chi connectivity index (χ3n) is 5.15. The number of halogens is 3. The van der Waals surface area contributed by atoms with Crippen molar-refractivity contribution in [2.24, 2.45) is 5.92 Å². The van der Waals surface area contributed by atoms with Crippen molar-refractivity contribution < 1.29 is 18.0 Å². The van der Waals surface area contributed by atoms with E-state index < -0.39 is 35.4 Å². The van der Waals surface area contributed by atoms with E-state index in [0.717, 1.165) is 27.2 Å². The molecule has 0 spiro atoms. The Labute approximate surface area is 199 Å². The van der Waals surface area contributed by atoms with Gasteiger partial charge >= 0.3 is 11.9 Å². The van der Waals surface area contributed by atoms with Gasteiger partial charge in [-0.3, -0.25) is 19.1 Å². The average Bonchev–Trinajstić information content (AvgIpc) is 2.79. The Bertz CT molecular complexity index is 1300. The number of carbonyl (C=O) groups is 1. The predicted octanol–water partition coefficient (Wildman–Crippen LogP) is 3.29. The molecule has 1 aromatic heterocycles. The standard InChI is InChI=1S/C24H26F3N5O3/c1-15(2)13-31(19(33)12-29-18-10-6-9-17(11-18)24(25,26)27)20-21(28)32(23(35)30-22(20)34)14-16-7-4-3-5-8-16/h3-11,15,29H,12-14,28H2,1-2H3,(H,30,34,35). The Balaban J connectivity index is 1.93. The first-order valence-electron chi connectivity index (χ1n) is 10.9. The van der Waals surface area contributed by atoms with E-state index in [1.165, 1.54) is 12.1 Å². The summed E-state index contributed by atoms with van der Waals surface area (Å²) < 4.78 is 40.1. The van der Waals surface area contributed by atoms with Crippen molar-refractivity contribution in [3.8, 4) is 0 Å². The lowest BCUT2D eigenvalue weighted by Crippen LogP contribution is -2.44. The van der Waals surface area contributed by atoms with E-state index in [1.54, 1.807) is 24.3 Å². The molecule has 0 saturated carbocycles. The number of rotatable bonds is 8. The molecule has 4 N–H and O–H groups in total. The van der Waals surface area contributed by atoms with E-state index in [1.807, 2.05) is 19.9 Å². The van der Waals surface area contributed by atoms with Crippen LogP contribution >= 0.6 is 0 Å². The number of nitrogens with one attached hydrogen (secondary N) is 2. The SMILES string of the molecule is CC(C)CN(C(=O)CNc1cccc(C(F)(F)F)c1)c1c(N)n(Cc2ccccc2)c(=O)[nH]c1=O. The average molecular weight is 489 g/mol. The number of nitrogens with zero attached hydrogens (tertiary/aromatic N) is 2. The predicted molar refractivity (Wildman–Crippen MR) is 128 cm³/mol. The van der Waals surface area contributed by atoms with Gasteiger partial charge in [0.15, 0.2) is 5.69 Å². The molecular weight excluding hydrogens is 463 g/mol. The quantitative estimate of drug-likeness (QED) is 0.450. The Hall–Kier alpha value is -4.02. The number of benzene rings is 2. The lowest BCUT2D eigenvalue weighted by Gasteiger charge is -2.26. The van der Waals surface area contributed by atoms with Crippen LogP contribution in [0, 0.1) is 5.92 Å². The van der Waals surface area contributed by atoms with Crippen LogP contribution in [-0.4, -0.2) is 28.5 Å². The molecule has 0 aliphatic rings. The van der Waals surface area contributed by atoms with Gasteiger partial charge in [-0.2, -0.15) is 13.2 Å². The van der Waals surface area contributed by atoms with Gasteiger partial charge in [-0.1, -0.05) is 50.2 Å². The fourth-order valence-corrected chi connectivity index (χ4v) is 3.52. The van der Waals surface area contributed by atoms with E-state index >= 15 is 0 Å². The summed E-state index contributed by atoms with van der Waals surface area (Å²) in [6, 6.07) is 13.4. The van der Waals surface area contributed by atoms with Crippen molar-refractivity contribution in [3.63, 3.8) is 0 Å². The molecule has 3 rings (SSSR count). The lowest BCUT2D eigenvalue weighted by atomic mass is 10.2. The van der Waals surface area contributed by atoms with Crippen LogP contribution in [0.3, 0.4) is 0 Å². The number of hydrogen-bond acceptors (Lipinski definition) is 5. The summed E-state index contributed by atoms with van der Waals surface area (Å²) in [4.78, 5) is 41.7. The summed E-state index contributed by atoms with van der Waals surface area (Å²) in [5.41, 5.74) is 4.47. The molecular formula is C24H26F3N5O3. The van der Waals surface area contributed by atoms with Crippen molar-refractivity contribution in [1.82, 2.24) is 9.55 Å². The number of carbonyl (C=O) groups excluding carboxylic acids is 1. The van der Waals surface area contributed by atoms with Crippen molar-refractivity contribution >= 4 is 23.1 Å². The van der Waals surface area contributed by atoms with Crippen LogP contribution < -0.4 is 27.2 Å². The van der Waals surface area contributed by atoms with Gasteiger partial charge < -0.3 is 16.0 Å². The van der Waals surface area contributed by atoms with E-state index in [4.69, 9.17) is 5.73 Å². The van der Waals surface area contributed by atoms with Gasteiger partial charge in [0, 0.05) is 12.2 Å². The molecule has 0 radical (unpaired) electrons. The Morgan fingerprint density at radius 3 is 2.43 bits per heavy atom. The highest BCUT2D eigenvalue weighted by Crippen LogP contribution is 2.30. The second-order valence-corrected chi connectivity index (χ2v) is 8.40. The zero-order chi connectivity index (χ0) is 25.8. The summed E-state index contributed by atoms with van der Waals surface area (Å²) in [7, 11) is 0. The van der Waals surface area contributed by atoms with Crippen LogP contribution in [-0.2, 0) is 17.5 Å². The number of amides is 1. The number of nitrogens with two attached hydrogens (primary N) is 1. The minimum Gasteiger partial charge on any atom is -0.383 e. The molecule has 0 aliphatic carbocycles. The van der Waals surface area contributed by atoms with Gasteiger partial charge in [-0.15, -0.1) is 0 Å². The first kappa shape index (κ1) is 25.6. The first-order valence-corrected chi connectivity index (χ1v) is 10.9. The summed E-state index contributed by atoms with van der Waals surface area (Å²) in [6.45, 7) is 3.42. The monoisotopic (exact) mass is 489 g/mol. The highest BCUT2D eigenvalue weighted by atomic mass is 19.4. The molecule has 0 atom stereocenters. The maximum Gasteiger partial charge on any atom is 0.416 e. The van der Waals surface area contributed by atoms with Gasteiger partial charge in [-0.05, 0) is 29.7 Å². The van der Waals surface area contributed by atoms with Gasteiger partial charge in [-0.25, -0.2) is 4.79 Å². The molecule has 0 saturated heterocycles. The summed E-state index contributed by atoms with van der Waals surface area (Å²) in [6.07, 6.45) is -4.53. The molecule has 3 aromatic rings. The number of hydrogen-bond donors (Lipinski definition) is 3. The summed E-state index contributed by atoms with van der Waals surface area (Å²) in [5.74, 6) is -0.866. The Kier molecular flexibility index (Phi) is 7.68. The van der Waals surface area contributed by atoms with E-state index in [-0.39, 0.29) is 36.2 Å². The van der Waals surface area contributed by atoms with Crippen molar-refractivity contribution in [2.75, 3.05) is 29.0 Å². The van der Waals surface area contributed by atoms with Gasteiger partial charge in [0.1, 0.15) is 5.82 Å². The topological polar surface area (TPSA) is 113 Å². The van der Waals surface area contributed by atoms with E-state index in [9.17, 15) is 27.6 Å². The smallest absolute Gasteiger partial charge is 0.383 e. The van der Waals surface area contributed by atoms with Gasteiger partial charge in [0.25, 0.3) is 5.56 Å². The van der Waals surface area contributed by atoms with Crippen LogP contribution in [0.25, 0.3) is 0 Å². The molecule has 1 amide bonds. The molecule has 1 heterocycles. The van der Waals surface area contributed by atoms with Crippen LogP contribution in [0.1, 0.15) is 25.0 Å². The first-order chi connectivity index (χ1) is 16.5. The number of nitrogen functional groups attached to an aromatic ring is 1. The fourth-order valence-electron chi connectivity index (χ4n) is 3.52. The molecule has 35 heavy (non-hydrogen) atoms. The summed E-state index contributed by atoms with van der Waals surface area (Å²) in [5, 5.41) is 2.67. The summed E-state index contributed by atoms with van der Waals surface area (Å²) >= 11 is 0. The van der Waals surface area contributed by atoms with E-state index in [2.05, 4.69) is 10.3 Å². The second kappa shape index (κ2) is 10.5. The second-order valence-electron chi connectivity index (χ2n) is 8.40. The van der Waals surface area contributed by atoms with E-state index in [0.29, 0.717) is 0 Å². The molecule has 186 valence electrons. The lowest BCUT2D eigenvalue weighted by molar-refractivity contribution is -0.137. The molecule has 0 bridgehead atoms. The highest BCUT2D eigenvalue weighted by Gasteiger charge is 2.30. The minimum absolute atomic E-state index is 0.0709. The van der Waals surface area contributed by atoms with Crippen molar-refractivity contribution in [2.45, 2.75) is 26.6 Å². The number of anilines is 3. The molecule has 8 nitrogen and oxygen atoms in total. The van der Waals surface area contributed by atoms with Crippen LogP contribution in [0.15, 0.2) is 64.2 Å². The largest absolute Gasteiger partial charge is 0.416 e. The maximum absolute atomic E-state index is 13.1. The molecule has 0 aliphatic heterocycles. The molecule has 0 unspecified atom stereocenters. The number of aromatic amines is 1. The third-order valence-corrected chi connectivity index (χ3v) is 5.15. The van der Waals surface area contributed by atoms with Crippen molar-refractivity contribution in [1.29, 1.82) is 0 Å². The van der Waals surface area contributed by atoms with Gasteiger partial charge in [0.05, 0.1) is 18.7 Å². The molecule has 2 aromatic carbocycles.